The molecule has 21 heavy (non-hydrogen) atoms. The van der Waals surface area contributed by atoms with Crippen LogP contribution in [0.15, 0.2) is 0 Å². The third kappa shape index (κ3) is 97.2. The molecular weight excluding hydrogens is 425 g/mol. The van der Waals surface area contributed by atoms with Crippen LogP contribution in [0.1, 0.15) is 13.8 Å². The van der Waals surface area contributed by atoms with Gasteiger partial charge in [0, 0.05) is 0 Å². The number of hydrogen-bond acceptors (Lipinski definition) is 11. The van der Waals surface area contributed by atoms with Crippen molar-refractivity contribution < 1.29 is 185 Å². The number of hydrogen-bond donors (Lipinski definition) is 1. The van der Waals surface area contributed by atoms with E-state index in [0.29, 0.717) is 0 Å². The summed E-state index contributed by atoms with van der Waals surface area (Å²) in [5.74, 6) is 0.167. The van der Waals surface area contributed by atoms with E-state index in [9.17, 15) is 30.7 Å². The molecule has 0 bridgehead atoms. The van der Waals surface area contributed by atoms with E-state index in [1.54, 1.807) is 0 Å². The molecule has 112 valence electrons. The van der Waals surface area contributed by atoms with Crippen LogP contribution in [0.5, 0.6) is 0 Å². The van der Waals surface area contributed by atoms with Gasteiger partial charge in [0.2, 0.25) is 20.8 Å². The van der Waals surface area contributed by atoms with Gasteiger partial charge in [0.05, 0.1) is 11.4 Å². The van der Waals surface area contributed by atoms with Crippen molar-refractivity contribution in [2.45, 2.75) is 13.8 Å². The molecule has 0 rings (SSSR count). The third-order valence-corrected chi connectivity index (χ3v) is 0.750. The fourth-order valence-corrected chi connectivity index (χ4v) is 0.612. The Kier molecular flexibility index (Phi) is 41.2. The van der Waals surface area contributed by atoms with Gasteiger partial charge >= 0.3 is 132 Å². The van der Waals surface area contributed by atoms with Gasteiger partial charge in [-0.2, -0.15) is 0 Å². The maximum absolute atomic E-state index is 9.44. The van der Waals surface area contributed by atoms with E-state index < -0.39 is 32.2 Å². The maximum Gasteiger partial charge on any atom is 1.00 e. The fourth-order valence-electron chi connectivity index (χ4n) is 0.0680. The molecule has 0 aliphatic carbocycles. The molecule has 0 heterocycles. The van der Waals surface area contributed by atoms with Gasteiger partial charge in [0.15, 0.2) is 0 Å². The molecule has 0 amide bonds. The summed E-state index contributed by atoms with van der Waals surface area (Å²) in [6.07, 6.45) is 0. The summed E-state index contributed by atoms with van der Waals surface area (Å²) in [5, 5.41) is 0. The molecule has 1 atom stereocenters. The molecule has 0 aromatic carbocycles. The van der Waals surface area contributed by atoms with E-state index in [1.807, 2.05) is 0 Å². The van der Waals surface area contributed by atoms with E-state index in [2.05, 4.69) is 8.67 Å². The first kappa shape index (κ1) is 39.7. The van der Waals surface area contributed by atoms with Crippen molar-refractivity contribution in [3.63, 3.8) is 0 Å². The summed E-state index contributed by atoms with van der Waals surface area (Å²) in [6.45, 7) is 3.06. The number of carbonyl (C=O) groups excluding carboxylic acids is 1. The summed E-state index contributed by atoms with van der Waals surface area (Å²) in [6, 6.07) is 0. The molecule has 0 aliphatic heterocycles. The van der Waals surface area contributed by atoms with Crippen LogP contribution in [-0.2, 0) is 45.6 Å². The Balaban J connectivity index is -0.0000000439. The minimum absolute atomic E-state index is 0. The predicted molar refractivity (Wildman–Crippen MR) is 49.5 cm³/mol. The first-order valence-corrected chi connectivity index (χ1v) is 6.92. The van der Waals surface area contributed by atoms with Crippen molar-refractivity contribution in [1.82, 2.24) is 0 Å². The summed E-state index contributed by atoms with van der Waals surface area (Å²) in [4.78, 5) is 9.44. The monoisotopic (exact) mass is 432 g/mol. The quantitative estimate of drug-likeness (QED) is 0.110. The zero-order valence-electron chi connectivity index (χ0n) is 11.7. The molecular formula is C3H7K2NaO12S3. The van der Waals surface area contributed by atoms with Crippen LogP contribution in [0.3, 0.4) is 0 Å². The SMILES string of the molecule is CC(C)=O.O=S(=O)([O-])OOS(=O)(=O)[O-].O=S([O-])O.[K+].[K+].[Na+]. The van der Waals surface area contributed by atoms with Crippen LogP contribution < -0.4 is 132 Å². The maximum atomic E-state index is 9.44. The van der Waals surface area contributed by atoms with Gasteiger partial charge in [0.1, 0.15) is 5.78 Å². The topological polar surface area (TPSA) is 210 Å². The van der Waals surface area contributed by atoms with Gasteiger partial charge < -0.3 is 23.0 Å². The molecule has 0 saturated carbocycles. The Morgan fingerprint density at radius 1 is 1.00 bits per heavy atom. The van der Waals surface area contributed by atoms with Gasteiger partial charge in [-0.05, 0) is 13.8 Å². The van der Waals surface area contributed by atoms with Gasteiger partial charge in [-0.15, -0.1) is 8.67 Å². The molecule has 1 N–H and O–H groups in total. The van der Waals surface area contributed by atoms with Crippen LogP contribution in [0.4, 0.5) is 0 Å². The zero-order chi connectivity index (χ0) is 15.6. The molecule has 0 saturated heterocycles. The minimum Gasteiger partial charge on any atom is -0.750 e. The molecule has 0 aromatic heterocycles. The molecule has 0 spiro atoms. The summed E-state index contributed by atoms with van der Waals surface area (Å²) in [5.41, 5.74) is 0. The molecule has 12 nitrogen and oxygen atoms in total. The zero-order valence-corrected chi connectivity index (χ0v) is 22.4. The van der Waals surface area contributed by atoms with Gasteiger partial charge in [0.25, 0.3) is 0 Å². The average Bonchev–Trinajstić information content (AvgIpc) is 1.95. The molecule has 0 radical (unpaired) electrons. The van der Waals surface area contributed by atoms with Crippen molar-refractivity contribution in [2.24, 2.45) is 0 Å². The van der Waals surface area contributed by atoms with E-state index in [1.165, 1.54) is 13.8 Å². The average molecular weight is 432 g/mol. The summed E-state index contributed by atoms with van der Waals surface area (Å²) in [7, 11) is -10.6. The Bertz CT molecular complexity index is 406. The van der Waals surface area contributed by atoms with E-state index in [-0.39, 0.29) is 138 Å². The van der Waals surface area contributed by atoms with E-state index in [0.717, 1.165) is 0 Å². The van der Waals surface area contributed by atoms with Crippen molar-refractivity contribution in [1.29, 1.82) is 0 Å². The van der Waals surface area contributed by atoms with Gasteiger partial charge in [-0.3, -0.25) is 0 Å². The Hall–Kier alpha value is 3.75. The van der Waals surface area contributed by atoms with Crippen LogP contribution in [-0.4, -0.2) is 45.0 Å². The second-order valence-electron chi connectivity index (χ2n) is 2.08. The Morgan fingerprint density at radius 2 is 1.10 bits per heavy atom. The number of rotatable bonds is 3. The van der Waals surface area contributed by atoms with Crippen molar-refractivity contribution in [3.05, 3.63) is 0 Å². The number of Topliss-reactive ketones (excluding diaryl/α,β-unsaturated/α-hetero) is 1. The molecule has 1 unspecified atom stereocenters. The molecule has 0 aliphatic rings. The van der Waals surface area contributed by atoms with Crippen molar-refractivity contribution in [3.8, 4) is 0 Å². The third-order valence-electron chi connectivity index (χ3n) is 0.194. The van der Waals surface area contributed by atoms with Gasteiger partial charge in [-0.1, -0.05) is 0 Å². The second kappa shape index (κ2) is 21.8. The largest absolute Gasteiger partial charge is 1.00 e. The normalized spacial score (nSPS) is 10.6. The van der Waals surface area contributed by atoms with E-state index in [4.69, 9.17) is 13.3 Å². The van der Waals surface area contributed by atoms with Crippen LogP contribution in [0.2, 0.25) is 0 Å². The Labute approximate surface area is 231 Å². The summed E-state index contributed by atoms with van der Waals surface area (Å²) < 4.78 is 85.5. The predicted octanol–water partition coefficient (Wildman–Crippen LogP) is -11.2. The van der Waals surface area contributed by atoms with E-state index >= 15 is 0 Å². The van der Waals surface area contributed by atoms with Crippen LogP contribution in [0.25, 0.3) is 0 Å². The second-order valence-corrected chi connectivity index (χ2v) is 4.42. The smallest absolute Gasteiger partial charge is 0.750 e. The number of carbonyl (C=O) groups is 1. The standard InChI is InChI=1S/C3H6O.2K.Na.H2O8S2.H2O3S/c1-3(2)4;;;;1-9(2,3)7-8-10(4,5)6;1-4(2)3/h1-2H3;;;;(H,1,2,3)(H,4,5,6);(H2,1,2,3)/q;3*+1;;/p-3. The Morgan fingerprint density at radius 3 is 1.14 bits per heavy atom. The van der Waals surface area contributed by atoms with Crippen molar-refractivity contribution in [2.75, 3.05) is 0 Å². The molecule has 0 aromatic rings. The minimum atomic E-state index is -5.31. The summed E-state index contributed by atoms with van der Waals surface area (Å²) >= 11 is -2.86. The molecule has 0 fully saturated rings. The van der Waals surface area contributed by atoms with Crippen molar-refractivity contribution >= 4 is 37.9 Å². The fraction of sp³-hybridized carbons (Fsp3) is 0.667. The number of ketones is 1. The van der Waals surface area contributed by atoms with Crippen LogP contribution in [0, 0.1) is 0 Å². The first-order valence-electron chi connectivity index (χ1n) is 3.22. The molecule has 18 heteroatoms. The van der Waals surface area contributed by atoms with Gasteiger partial charge in [-0.25, -0.2) is 21.0 Å². The van der Waals surface area contributed by atoms with Crippen LogP contribution >= 0.6 is 0 Å². The first-order chi connectivity index (χ1) is 7.67.